The number of hydrogen-bond acceptors (Lipinski definition) is 16. The third-order valence-corrected chi connectivity index (χ3v) is 15.6. The van der Waals surface area contributed by atoms with Crippen LogP contribution in [0.5, 0.6) is 17.2 Å². The largest absolute Gasteiger partial charge is 0.493 e. The second kappa shape index (κ2) is 23.0. The quantitative estimate of drug-likeness (QED) is 0.0977. The topological polar surface area (TPSA) is 221 Å². The molecule has 15 rings (SSSR count). The lowest BCUT2D eigenvalue weighted by atomic mass is 10.0. The van der Waals surface area contributed by atoms with Crippen molar-refractivity contribution in [2.45, 2.75) is 87.5 Å². The third kappa shape index (κ3) is 10.6. The third-order valence-electron chi connectivity index (χ3n) is 15.6. The van der Waals surface area contributed by atoms with Gasteiger partial charge in [0.25, 0.3) is 0 Å². The van der Waals surface area contributed by atoms with Crippen molar-refractivity contribution in [2.75, 3.05) is 29.4 Å². The molecule has 0 saturated carbocycles. The summed E-state index contributed by atoms with van der Waals surface area (Å²) in [5, 5.41) is 24.1. The predicted molar refractivity (Wildman–Crippen MR) is 330 cm³/mol. The van der Waals surface area contributed by atoms with E-state index in [1.165, 1.54) is 12.1 Å². The Bertz CT molecular complexity index is 4790. The molecule has 0 fully saturated rings. The van der Waals surface area contributed by atoms with E-state index in [2.05, 4.69) is 72.0 Å². The van der Waals surface area contributed by atoms with Crippen LogP contribution in [0.25, 0.3) is 61.6 Å². The number of nitrogens with one attached hydrogen (secondary N) is 3. The number of hydrogen-bond donors (Lipinski definition) is 3. The number of benzene rings is 3. The van der Waals surface area contributed by atoms with Crippen LogP contribution in [0.1, 0.15) is 76.3 Å². The number of anilines is 3. The van der Waals surface area contributed by atoms with Crippen molar-refractivity contribution in [1.82, 2.24) is 72.4 Å². The van der Waals surface area contributed by atoms with Crippen LogP contribution in [0.15, 0.2) is 115 Å². The zero-order valence-corrected chi connectivity index (χ0v) is 50.3. The molecule has 0 bridgehead atoms. The summed E-state index contributed by atoms with van der Waals surface area (Å²) in [6.07, 6.45) is 15.4. The smallest absolute Gasteiger partial charge is 0.231 e. The minimum absolute atomic E-state index is 0.233. The molecule has 22 nitrogen and oxygen atoms in total. The van der Waals surface area contributed by atoms with E-state index in [1.807, 2.05) is 143 Å². The monoisotopic (exact) mass is 1190 g/mol. The van der Waals surface area contributed by atoms with E-state index in [0.717, 1.165) is 131 Å². The van der Waals surface area contributed by atoms with Gasteiger partial charge in [-0.3, -0.25) is 27.2 Å². The molecule has 3 N–H and O–H groups in total. The molecule has 448 valence electrons. The fourth-order valence-corrected chi connectivity index (χ4v) is 11.6. The average molecular weight is 1190 g/mol. The Morgan fingerprint density at radius 3 is 1.70 bits per heavy atom. The Kier molecular flexibility index (Phi) is 14.7. The summed E-state index contributed by atoms with van der Waals surface area (Å²) in [5.41, 5.74) is 17.5. The number of aromatic nitrogens is 15. The highest BCUT2D eigenvalue weighted by molar-refractivity contribution is 5.82. The van der Waals surface area contributed by atoms with Gasteiger partial charge in [-0.25, -0.2) is 38.7 Å². The van der Waals surface area contributed by atoms with E-state index in [-0.39, 0.29) is 31.0 Å². The summed E-state index contributed by atoms with van der Waals surface area (Å²) < 4.78 is 62.4. The first-order valence-electron chi connectivity index (χ1n) is 28.8. The van der Waals surface area contributed by atoms with Crippen molar-refractivity contribution >= 4 is 45.8 Å². The number of furan rings is 1. The Balaban J connectivity index is 0.000000122. The molecule has 24 heteroatoms. The van der Waals surface area contributed by atoms with Crippen molar-refractivity contribution in [2.24, 2.45) is 14.1 Å². The fraction of sp³-hybridized carbons (Fsp3) is 0.266. The Labute approximate surface area is 503 Å². The van der Waals surface area contributed by atoms with Crippen molar-refractivity contribution in [3.8, 4) is 50.9 Å². The molecule has 0 spiro atoms. The number of imidazole rings is 3. The van der Waals surface area contributed by atoms with Crippen LogP contribution < -0.4 is 30.2 Å². The fourth-order valence-electron chi connectivity index (χ4n) is 11.6. The number of fused-ring (bicyclic) bond motifs is 6. The van der Waals surface area contributed by atoms with Crippen molar-refractivity contribution < 1.29 is 27.4 Å². The summed E-state index contributed by atoms with van der Waals surface area (Å²) in [6.45, 7) is 18.1. The van der Waals surface area contributed by atoms with Crippen LogP contribution in [0, 0.1) is 53.2 Å². The van der Waals surface area contributed by atoms with E-state index in [0.29, 0.717) is 48.3 Å². The Hall–Kier alpha value is -10.7. The molecule has 13 aromatic rings. The second-order valence-electron chi connectivity index (χ2n) is 22.2. The van der Waals surface area contributed by atoms with Crippen LogP contribution in [-0.2, 0) is 40.2 Å². The van der Waals surface area contributed by atoms with Gasteiger partial charge in [0.2, 0.25) is 24.6 Å². The van der Waals surface area contributed by atoms with Crippen LogP contribution in [-0.4, -0.2) is 85.8 Å². The maximum atomic E-state index is 14.5. The summed E-state index contributed by atoms with van der Waals surface area (Å²) in [4.78, 5) is 28.0. The summed E-state index contributed by atoms with van der Waals surface area (Å²) >= 11 is 0. The number of halogens is 2. The van der Waals surface area contributed by atoms with E-state index < -0.39 is 0 Å². The first kappa shape index (κ1) is 56.5. The molecule has 12 heterocycles. The van der Waals surface area contributed by atoms with Gasteiger partial charge in [-0.2, -0.15) is 15.3 Å². The molecular formula is C64H64F2N18O4. The van der Waals surface area contributed by atoms with Crippen LogP contribution in [0.2, 0.25) is 0 Å². The highest BCUT2D eigenvalue weighted by atomic mass is 19.1. The normalized spacial score (nSPS) is 12.5. The van der Waals surface area contributed by atoms with Gasteiger partial charge in [0.15, 0.2) is 22.8 Å². The zero-order chi connectivity index (χ0) is 61.1. The van der Waals surface area contributed by atoms with E-state index in [1.54, 1.807) is 30.7 Å². The van der Waals surface area contributed by atoms with Gasteiger partial charge < -0.3 is 34.6 Å². The molecule has 88 heavy (non-hydrogen) atoms. The van der Waals surface area contributed by atoms with Crippen molar-refractivity contribution in [3.63, 3.8) is 0 Å². The second-order valence-corrected chi connectivity index (χ2v) is 22.2. The molecule has 10 aromatic heterocycles. The van der Waals surface area contributed by atoms with E-state index in [4.69, 9.17) is 28.6 Å². The summed E-state index contributed by atoms with van der Waals surface area (Å²) in [5.74, 6) is 3.73. The minimum Gasteiger partial charge on any atom is -0.493 e. The highest BCUT2D eigenvalue weighted by Crippen LogP contribution is 2.37. The predicted octanol–water partition coefficient (Wildman–Crippen LogP) is 11.8. The van der Waals surface area contributed by atoms with Gasteiger partial charge in [0.1, 0.15) is 28.6 Å². The number of para-hydroxylation sites is 1. The van der Waals surface area contributed by atoms with Crippen LogP contribution in [0.3, 0.4) is 0 Å². The lowest BCUT2D eigenvalue weighted by Gasteiger charge is -2.13. The van der Waals surface area contributed by atoms with Gasteiger partial charge in [0.05, 0.1) is 70.1 Å². The van der Waals surface area contributed by atoms with Crippen molar-refractivity contribution in [1.29, 1.82) is 0 Å². The lowest BCUT2D eigenvalue weighted by Crippen LogP contribution is -2.10. The number of rotatable bonds is 13. The van der Waals surface area contributed by atoms with Gasteiger partial charge in [0, 0.05) is 128 Å². The van der Waals surface area contributed by atoms with Gasteiger partial charge in [-0.15, -0.1) is 0 Å². The number of aryl methyl sites for hydroxylation is 7. The van der Waals surface area contributed by atoms with E-state index >= 15 is 0 Å². The zero-order valence-electron chi connectivity index (χ0n) is 50.3. The molecule has 0 aliphatic carbocycles. The van der Waals surface area contributed by atoms with Crippen LogP contribution in [0.4, 0.5) is 26.6 Å². The SMILES string of the molecule is Cc1cn2c(NCc3c(F)ccc4c3CCO4)ncc(-c3cnn(C(C)C)c3C)c2n1.Cc1cn2c(NCc3c(F)ccc4occc34)ncc(-c3cc(C)nn3C)c2n1.Cc1cn2c(NCc3cccc4c3OCO4)ncc(-c3cc(C)nn3C)c2n1. The van der Waals surface area contributed by atoms with Gasteiger partial charge in [-0.1, -0.05) is 12.1 Å². The lowest BCUT2D eigenvalue weighted by molar-refractivity contribution is 0.173. The molecule has 3 aromatic carbocycles. The molecule has 0 radical (unpaired) electrons. The summed E-state index contributed by atoms with van der Waals surface area (Å²) in [6, 6.07) is 18.2. The van der Waals surface area contributed by atoms with Gasteiger partial charge >= 0.3 is 0 Å². The molecule has 2 aliphatic heterocycles. The molecular weight excluding hydrogens is 1120 g/mol. The van der Waals surface area contributed by atoms with Crippen LogP contribution >= 0.6 is 0 Å². The maximum Gasteiger partial charge on any atom is 0.231 e. The molecule has 0 saturated heterocycles. The molecule has 0 atom stereocenters. The first-order valence-corrected chi connectivity index (χ1v) is 28.8. The number of nitrogens with zero attached hydrogens (tertiary/aromatic N) is 15. The Morgan fingerprint density at radius 2 is 1.12 bits per heavy atom. The van der Waals surface area contributed by atoms with Gasteiger partial charge in [-0.05, 0) is 104 Å². The standard InChI is InChI=1S/C23H25FN6O.C21H19FN6O.C20H20N6O2/c1-13(2)30-15(4)17(11-27-30)19-10-26-23(29-12-14(3)28-22(19)29)25-9-18-16-7-8-31-21(16)6-5-20(18)24;1-12-8-18(27(3)26-12)16-10-24-21(28-11-13(2)25-20(16)28)23-9-15-14-6-7-29-19(14)5-4-17(15)22;1-12-7-16(25(3)24-12)15-9-22-20(26-10-13(2)23-19(15)26)21-8-14-5-4-6-17-18(14)28-11-27-17/h5-6,10-13H,7-9H2,1-4H3,(H,25,26);4-8,10-11H,9H2,1-3H3,(H,23,24);4-7,9-10H,8,11H2,1-3H3,(H,21,22). The van der Waals surface area contributed by atoms with E-state index in [9.17, 15) is 8.78 Å². The molecule has 2 aliphatic rings. The van der Waals surface area contributed by atoms with Crippen molar-refractivity contribution in [3.05, 3.63) is 178 Å². The minimum atomic E-state index is -0.286. The highest BCUT2D eigenvalue weighted by Gasteiger charge is 2.24. The summed E-state index contributed by atoms with van der Waals surface area (Å²) in [7, 11) is 3.83. The average Bonchev–Trinajstić information content (AvgIpc) is 1.87. The first-order chi connectivity index (χ1) is 42.5. The maximum absolute atomic E-state index is 14.5. The number of ether oxygens (including phenoxy) is 3. The molecule has 0 amide bonds. The molecule has 0 unspecified atom stereocenters. The Morgan fingerprint density at radius 1 is 0.568 bits per heavy atom.